The average Bonchev–Trinajstić information content (AvgIpc) is 2.42. The average molecular weight is 305 g/mol. The molecule has 1 heterocycles. The number of nitrogens with two attached hydrogens (primary N) is 1. The van der Waals surface area contributed by atoms with Gasteiger partial charge in [-0.2, -0.15) is 0 Å². The van der Waals surface area contributed by atoms with Gasteiger partial charge in [0.05, 0.1) is 0 Å². The van der Waals surface area contributed by atoms with Gasteiger partial charge in [0.25, 0.3) is 0 Å². The van der Waals surface area contributed by atoms with Crippen molar-refractivity contribution in [2.24, 2.45) is 17.6 Å². The number of ether oxygens (including phenoxy) is 1. The van der Waals surface area contributed by atoms with Crippen molar-refractivity contribution in [3.05, 3.63) is 0 Å². The van der Waals surface area contributed by atoms with Crippen LogP contribution in [0.25, 0.3) is 0 Å². The Balaban J connectivity index is 0.00000200. The third kappa shape index (κ3) is 5.23. The number of carbonyl (C=O) groups excluding carboxylic acids is 1. The van der Waals surface area contributed by atoms with Gasteiger partial charge in [0.1, 0.15) is 0 Å². The highest BCUT2D eigenvalue weighted by molar-refractivity contribution is 5.85. The van der Waals surface area contributed by atoms with Gasteiger partial charge in [-0.1, -0.05) is 12.8 Å². The SMILES string of the molecule is CC(NC(=O)CC1CCCCC1N)C1CCOCC1.Cl. The summed E-state index contributed by atoms with van der Waals surface area (Å²) < 4.78 is 5.36. The molecule has 2 rings (SSSR count). The van der Waals surface area contributed by atoms with E-state index in [0.717, 1.165) is 38.9 Å². The second kappa shape index (κ2) is 8.85. The first-order valence-electron chi connectivity index (χ1n) is 7.79. The Morgan fingerprint density at radius 2 is 1.90 bits per heavy atom. The van der Waals surface area contributed by atoms with Crippen molar-refractivity contribution >= 4 is 18.3 Å². The first-order valence-corrected chi connectivity index (χ1v) is 7.79. The van der Waals surface area contributed by atoms with Crippen molar-refractivity contribution in [1.82, 2.24) is 5.32 Å². The van der Waals surface area contributed by atoms with Crippen LogP contribution >= 0.6 is 12.4 Å². The molecule has 0 aromatic carbocycles. The van der Waals surface area contributed by atoms with Gasteiger partial charge in [-0.05, 0) is 44.4 Å². The van der Waals surface area contributed by atoms with Crippen LogP contribution < -0.4 is 11.1 Å². The minimum absolute atomic E-state index is 0. The Hall–Kier alpha value is -0.320. The summed E-state index contributed by atoms with van der Waals surface area (Å²) in [5, 5.41) is 3.17. The highest BCUT2D eigenvalue weighted by Gasteiger charge is 2.26. The molecule has 0 spiro atoms. The molecule has 5 heteroatoms. The molecule has 3 unspecified atom stereocenters. The number of amides is 1. The fraction of sp³-hybridized carbons (Fsp3) is 0.933. The molecule has 0 aromatic rings. The lowest BCUT2D eigenvalue weighted by Crippen LogP contribution is -2.43. The molecule has 0 radical (unpaired) electrons. The third-order valence-electron chi connectivity index (χ3n) is 4.78. The fourth-order valence-corrected chi connectivity index (χ4v) is 3.37. The van der Waals surface area contributed by atoms with E-state index in [1.165, 1.54) is 12.8 Å². The lowest BCUT2D eigenvalue weighted by molar-refractivity contribution is -0.123. The molecule has 2 fully saturated rings. The van der Waals surface area contributed by atoms with Crippen molar-refractivity contribution < 1.29 is 9.53 Å². The first-order chi connectivity index (χ1) is 9.16. The Bertz CT molecular complexity index is 296. The predicted octanol–water partition coefficient (Wildman–Crippen LogP) is 2.25. The van der Waals surface area contributed by atoms with Gasteiger partial charge in [0.2, 0.25) is 5.91 Å². The summed E-state index contributed by atoms with van der Waals surface area (Å²) in [6.45, 7) is 3.78. The zero-order chi connectivity index (χ0) is 13.7. The lowest BCUT2D eigenvalue weighted by Gasteiger charge is -2.31. The molecule has 0 bridgehead atoms. The summed E-state index contributed by atoms with van der Waals surface area (Å²) in [5.74, 6) is 1.13. The second-order valence-corrected chi connectivity index (χ2v) is 6.22. The minimum atomic E-state index is 0. The van der Waals surface area contributed by atoms with Crippen LogP contribution in [0.2, 0.25) is 0 Å². The highest BCUT2D eigenvalue weighted by Crippen LogP contribution is 2.26. The number of halogens is 1. The van der Waals surface area contributed by atoms with Crippen LogP contribution in [0.4, 0.5) is 0 Å². The molecule has 3 atom stereocenters. The van der Waals surface area contributed by atoms with E-state index in [9.17, 15) is 4.79 Å². The van der Waals surface area contributed by atoms with Gasteiger partial charge in [-0.3, -0.25) is 4.79 Å². The van der Waals surface area contributed by atoms with Crippen LogP contribution in [0.1, 0.15) is 51.9 Å². The van der Waals surface area contributed by atoms with Crippen LogP contribution in [0, 0.1) is 11.8 Å². The first kappa shape index (κ1) is 17.7. The lowest BCUT2D eigenvalue weighted by atomic mass is 9.82. The van der Waals surface area contributed by atoms with E-state index in [-0.39, 0.29) is 30.4 Å². The molecular formula is C15H29ClN2O2. The molecule has 118 valence electrons. The van der Waals surface area contributed by atoms with Crippen molar-refractivity contribution in [2.75, 3.05) is 13.2 Å². The molecule has 2 aliphatic rings. The maximum absolute atomic E-state index is 12.1. The summed E-state index contributed by atoms with van der Waals surface area (Å²) in [5.41, 5.74) is 6.10. The molecule has 1 aliphatic heterocycles. The van der Waals surface area contributed by atoms with Crippen LogP contribution in [-0.2, 0) is 9.53 Å². The van der Waals surface area contributed by atoms with Crippen LogP contribution in [-0.4, -0.2) is 31.2 Å². The summed E-state index contributed by atoms with van der Waals surface area (Å²) >= 11 is 0. The van der Waals surface area contributed by atoms with E-state index in [0.29, 0.717) is 18.3 Å². The molecule has 1 aliphatic carbocycles. The van der Waals surface area contributed by atoms with Crippen molar-refractivity contribution in [2.45, 2.75) is 64.0 Å². The van der Waals surface area contributed by atoms with Crippen LogP contribution in [0.3, 0.4) is 0 Å². The topological polar surface area (TPSA) is 64.4 Å². The van der Waals surface area contributed by atoms with E-state index >= 15 is 0 Å². The van der Waals surface area contributed by atoms with E-state index in [2.05, 4.69) is 12.2 Å². The van der Waals surface area contributed by atoms with Crippen LogP contribution in [0.15, 0.2) is 0 Å². The smallest absolute Gasteiger partial charge is 0.220 e. The van der Waals surface area contributed by atoms with Gasteiger partial charge in [0, 0.05) is 31.7 Å². The molecule has 1 saturated heterocycles. The molecular weight excluding hydrogens is 276 g/mol. The number of carbonyl (C=O) groups is 1. The van der Waals surface area contributed by atoms with Gasteiger partial charge < -0.3 is 15.8 Å². The molecule has 0 aromatic heterocycles. The summed E-state index contributed by atoms with van der Waals surface area (Å²) in [7, 11) is 0. The summed E-state index contributed by atoms with van der Waals surface area (Å²) in [6.07, 6.45) is 7.36. The number of nitrogens with one attached hydrogen (secondary N) is 1. The van der Waals surface area contributed by atoms with Gasteiger partial charge >= 0.3 is 0 Å². The Labute approximate surface area is 128 Å². The zero-order valence-corrected chi connectivity index (χ0v) is 13.3. The maximum atomic E-state index is 12.1. The Morgan fingerprint density at radius 3 is 2.55 bits per heavy atom. The monoisotopic (exact) mass is 304 g/mol. The third-order valence-corrected chi connectivity index (χ3v) is 4.78. The van der Waals surface area contributed by atoms with E-state index in [4.69, 9.17) is 10.5 Å². The molecule has 20 heavy (non-hydrogen) atoms. The van der Waals surface area contributed by atoms with Crippen LogP contribution in [0.5, 0.6) is 0 Å². The number of rotatable bonds is 4. The number of hydrogen-bond donors (Lipinski definition) is 2. The van der Waals surface area contributed by atoms with E-state index in [1.54, 1.807) is 0 Å². The molecule has 1 amide bonds. The molecule has 1 saturated carbocycles. The Morgan fingerprint density at radius 1 is 1.25 bits per heavy atom. The van der Waals surface area contributed by atoms with Gasteiger partial charge in [-0.15, -0.1) is 12.4 Å². The minimum Gasteiger partial charge on any atom is -0.381 e. The summed E-state index contributed by atoms with van der Waals surface area (Å²) in [6, 6.07) is 0.481. The highest BCUT2D eigenvalue weighted by atomic mass is 35.5. The standard InChI is InChI=1S/C15H28N2O2.ClH/c1-11(12-6-8-19-9-7-12)17-15(18)10-13-4-2-3-5-14(13)16;/h11-14H,2-10,16H2,1H3,(H,17,18);1H. The predicted molar refractivity (Wildman–Crippen MR) is 82.9 cm³/mol. The summed E-state index contributed by atoms with van der Waals surface area (Å²) in [4.78, 5) is 12.1. The van der Waals surface area contributed by atoms with Crippen molar-refractivity contribution in [3.8, 4) is 0 Å². The van der Waals surface area contributed by atoms with E-state index < -0.39 is 0 Å². The Kier molecular flexibility index (Phi) is 7.85. The van der Waals surface area contributed by atoms with E-state index in [1.807, 2.05) is 0 Å². The number of hydrogen-bond acceptors (Lipinski definition) is 3. The quantitative estimate of drug-likeness (QED) is 0.837. The van der Waals surface area contributed by atoms with Crippen molar-refractivity contribution in [3.63, 3.8) is 0 Å². The van der Waals surface area contributed by atoms with Crippen molar-refractivity contribution in [1.29, 1.82) is 0 Å². The van der Waals surface area contributed by atoms with Gasteiger partial charge in [-0.25, -0.2) is 0 Å². The fourth-order valence-electron chi connectivity index (χ4n) is 3.37. The largest absolute Gasteiger partial charge is 0.381 e. The second-order valence-electron chi connectivity index (χ2n) is 6.22. The van der Waals surface area contributed by atoms with Gasteiger partial charge in [0.15, 0.2) is 0 Å². The normalized spacial score (nSPS) is 29.3. The maximum Gasteiger partial charge on any atom is 0.220 e. The molecule has 3 N–H and O–H groups in total. The zero-order valence-electron chi connectivity index (χ0n) is 12.5. The molecule has 4 nitrogen and oxygen atoms in total.